The number of ether oxygens (including phenoxy) is 1. The topological polar surface area (TPSA) is 75.7 Å². The van der Waals surface area contributed by atoms with Crippen molar-refractivity contribution in [3.8, 4) is 0 Å². The van der Waals surface area contributed by atoms with Crippen molar-refractivity contribution < 1.29 is 19.1 Å². The second kappa shape index (κ2) is 7.68. The lowest BCUT2D eigenvalue weighted by Crippen LogP contribution is -2.47. The van der Waals surface area contributed by atoms with Gasteiger partial charge in [-0.1, -0.05) is 26.0 Å². The standard InChI is InChI=1S/C19H26N2O4/c1-11(2)17(19(24)25-5)20-18(23)14-9-16(22)21(10-14)15-8-6-7-12(3)13(15)4/h6-8,11,14,17H,9-10H2,1-5H3,(H,20,23). The van der Waals surface area contributed by atoms with E-state index in [1.54, 1.807) is 4.90 Å². The number of nitrogens with one attached hydrogen (secondary N) is 1. The highest BCUT2D eigenvalue weighted by Crippen LogP contribution is 2.29. The zero-order valence-electron chi connectivity index (χ0n) is 15.5. The first-order valence-corrected chi connectivity index (χ1v) is 8.51. The van der Waals surface area contributed by atoms with Gasteiger partial charge in [0.2, 0.25) is 11.8 Å². The van der Waals surface area contributed by atoms with E-state index in [0.29, 0.717) is 6.54 Å². The zero-order valence-corrected chi connectivity index (χ0v) is 15.5. The Morgan fingerprint density at radius 1 is 1.28 bits per heavy atom. The predicted octanol–water partition coefficient (Wildman–Crippen LogP) is 1.97. The quantitative estimate of drug-likeness (QED) is 0.827. The van der Waals surface area contributed by atoms with Crippen LogP contribution >= 0.6 is 0 Å². The summed E-state index contributed by atoms with van der Waals surface area (Å²) >= 11 is 0. The summed E-state index contributed by atoms with van der Waals surface area (Å²) in [4.78, 5) is 38.5. The molecular weight excluding hydrogens is 320 g/mol. The van der Waals surface area contributed by atoms with Crippen LogP contribution in [-0.2, 0) is 19.1 Å². The van der Waals surface area contributed by atoms with Gasteiger partial charge < -0.3 is 15.0 Å². The van der Waals surface area contributed by atoms with Crippen LogP contribution in [0.2, 0.25) is 0 Å². The molecule has 1 fully saturated rings. The number of hydrogen-bond donors (Lipinski definition) is 1. The number of carbonyl (C=O) groups excluding carboxylic acids is 3. The van der Waals surface area contributed by atoms with Gasteiger partial charge in [-0.3, -0.25) is 9.59 Å². The molecule has 1 aromatic carbocycles. The van der Waals surface area contributed by atoms with E-state index in [4.69, 9.17) is 4.74 Å². The van der Waals surface area contributed by atoms with Gasteiger partial charge in [0.15, 0.2) is 0 Å². The molecule has 6 heteroatoms. The van der Waals surface area contributed by atoms with Crippen molar-refractivity contribution >= 4 is 23.5 Å². The highest BCUT2D eigenvalue weighted by atomic mass is 16.5. The number of rotatable bonds is 5. The molecular formula is C19H26N2O4. The molecule has 1 aromatic rings. The van der Waals surface area contributed by atoms with Crippen molar-refractivity contribution in [2.45, 2.75) is 40.2 Å². The average Bonchev–Trinajstić information content (AvgIpc) is 2.95. The largest absolute Gasteiger partial charge is 0.467 e. The molecule has 1 aliphatic heterocycles. The average molecular weight is 346 g/mol. The van der Waals surface area contributed by atoms with Gasteiger partial charge in [0.05, 0.1) is 13.0 Å². The fourth-order valence-electron chi connectivity index (χ4n) is 3.04. The van der Waals surface area contributed by atoms with Crippen molar-refractivity contribution in [3.63, 3.8) is 0 Å². The Kier molecular flexibility index (Phi) is 5.82. The minimum Gasteiger partial charge on any atom is -0.467 e. The van der Waals surface area contributed by atoms with Crippen LogP contribution < -0.4 is 10.2 Å². The normalized spacial score (nSPS) is 18.4. The Morgan fingerprint density at radius 2 is 1.96 bits per heavy atom. The zero-order chi connectivity index (χ0) is 18.7. The maximum absolute atomic E-state index is 12.6. The Balaban J connectivity index is 2.12. The van der Waals surface area contributed by atoms with Gasteiger partial charge in [-0.25, -0.2) is 4.79 Å². The van der Waals surface area contributed by atoms with Crippen LogP contribution in [0.25, 0.3) is 0 Å². The molecule has 2 rings (SSSR count). The lowest BCUT2D eigenvalue weighted by molar-refractivity contribution is -0.146. The molecule has 2 unspecified atom stereocenters. The Labute approximate surface area is 148 Å². The third kappa shape index (κ3) is 4.00. The SMILES string of the molecule is COC(=O)C(NC(=O)C1CC(=O)N(c2cccc(C)c2C)C1)C(C)C. The predicted molar refractivity (Wildman–Crippen MR) is 95.2 cm³/mol. The third-order valence-corrected chi connectivity index (χ3v) is 4.78. The molecule has 0 aromatic heterocycles. The van der Waals surface area contributed by atoms with Crippen LogP contribution in [-0.4, -0.2) is 37.5 Å². The monoisotopic (exact) mass is 346 g/mol. The first kappa shape index (κ1) is 19.0. The van der Waals surface area contributed by atoms with Crippen LogP contribution in [0.5, 0.6) is 0 Å². The number of aryl methyl sites for hydroxylation is 1. The summed E-state index contributed by atoms with van der Waals surface area (Å²) in [5.74, 6) is -1.40. The molecule has 1 saturated heterocycles. The van der Waals surface area contributed by atoms with Crippen LogP contribution in [0.1, 0.15) is 31.4 Å². The second-order valence-electron chi connectivity index (χ2n) is 6.88. The lowest BCUT2D eigenvalue weighted by Gasteiger charge is -2.22. The number of esters is 1. The van der Waals surface area contributed by atoms with E-state index in [-0.39, 0.29) is 24.2 Å². The van der Waals surface area contributed by atoms with Gasteiger partial charge in [-0.15, -0.1) is 0 Å². The smallest absolute Gasteiger partial charge is 0.328 e. The highest BCUT2D eigenvalue weighted by molar-refractivity contribution is 6.01. The maximum Gasteiger partial charge on any atom is 0.328 e. The Morgan fingerprint density at radius 3 is 2.56 bits per heavy atom. The van der Waals surface area contributed by atoms with E-state index >= 15 is 0 Å². The fraction of sp³-hybridized carbons (Fsp3) is 0.526. The molecule has 136 valence electrons. The molecule has 0 saturated carbocycles. The van der Waals surface area contributed by atoms with E-state index in [0.717, 1.165) is 16.8 Å². The molecule has 25 heavy (non-hydrogen) atoms. The van der Waals surface area contributed by atoms with Crippen molar-refractivity contribution in [2.75, 3.05) is 18.6 Å². The second-order valence-corrected chi connectivity index (χ2v) is 6.88. The van der Waals surface area contributed by atoms with Crippen molar-refractivity contribution in [1.82, 2.24) is 5.32 Å². The Hall–Kier alpha value is -2.37. The van der Waals surface area contributed by atoms with Crippen LogP contribution in [0.3, 0.4) is 0 Å². The summed E-state index contributed by atoms with van der Waals surface area (Å²) in [5.41, 5.74) is 2.98. The van der Waals surface area contributed by atoms with Gasteiger partial charge in [0, 0.05) is 18.7 Å². The summed E-state index contributed by atoms with van der Waals surface area (Å²) in [6, 6.07) is 5.09. The van der Waals surface area contributed by atoms with Gasteiger partial charge >= 0.3 is 5.97 Å². The van der Waals surface area contributed by atoms with Crippen molar-refractivity contribution in [2.24, 2.45) is 11.8 Å². The molecule has 1 N–H and O–H groups in total. The first-order chi connectivity index (χ1) is 11.8. The van der Waals surface area contributed by atoms with Crippen molar-refractivity contribution in [1.29, 1.82) is 0 Å². The van der Waals surface area contributed by atoms with Crippen LogP contribution in [0.15, 0.2) is 18.2 Å². The first-order valence-electron chi connectivity index (χ1n) is 8.51. The van der Waals surface area contributed by atoms with E-state index in [2.05, 4.69) is 5.32 Å². The number of amides is 2. The Bertz CT molecular complexity index is 684. The molecule has 1 heterocycles. The van der Waals surface area contributed by atoms with E-state index in [1.165, 1.54) is 7.11 Å². The summed E-state index contributed by atoms with van der Waals surface area (Å²) in [6.07, 6.45) is 0.144. The number of nitrogens with zero attached hydrogens (tertiary/aromatic N) is 1. The number of benzene rings is 1. The van der Waals surface area contributed by atoms with Gasteiger partial charge in [0.1, 0.15) is 6.04 Å². The lowest BCUT2D eigenvalue weighted by atomic mass is 10.0. The van der Waals surface area contributed by atoms with E-state index in [9.17, 15) is 14.4 Å². The molecule has 0 spiro atoms. The minimum atomic E-state index is -0.706. The van der Waals surface area contributed by atoms with Gasteiger partial charge in [0.25, 0.3) is 0 Å². The summed E-state index contributed by atoms with van der Waals surface area (Å²) in [6.45, 7) is 7.96. The van der Waals surface area contributed by atoms with E-state index < -0.39 is 17.9 Å². The maximum atomic E-state index is 12.6. The molecule has 2 atom stereocenters. The summed E-state index contributed by atoms with van der Waals surface area (Å²) < 4.78 is 4.75. The molecule has 6 nitrogen and oxygen atoms in total. The molecule has 0 bridgehead atoms. The summed E-state index contributed by atoms with van der Waals surface area (Å²) in [5, 5.41) is 2.74. The molecule has 0 radical (unpaired) electrons. The van der Waals surface area contributed by atoms with Gasteiger partial charge in [-0.05, 0) is 37.0 Å². The van der Waals surface area contributed by atoms with Crippen molar-refractivity contribution in [3.05, 3.63) is 29.3 Å². The number of carbonyl (C=O) groups is 3. The minimum absolute atomic E-state index is 0.0759. The van der Waals surface area contributed by atoms with Crippen LogP contribution in [0, 0.1) is 25.7 Å². The number of hydrogen-bond acceptors (Lipinski definition) is 4. The number of anilines is 1. The molecule has 2 amide bonds. The third-order valence-electron chi connectivity index (χ3n) is 4.78. The highest BCUT2D eigenvalue weighted by Gasteiger charge is 2.37. The van der Waals surface area contributed by atoms with Crippen LogP contribution in [0.4, 0.5) is 5.69 Å². The van der Waals surface area contributed by atoms with Gasteiger partial charge in [-0.2, -0.15) is 0 Å². The number of methoxy groups -OCH3 is 1. The van der Waals surface area contributed by atoms with E-state index in [1.807, 2.05) is 45.9 Å². The molecule has 1 aliphatic rings. The summed E-state index contributed by atoms with van der Waals surface area (Å²) in [7, 11) is 1.30. The fourth-order valence-corrected chi connectivity index (χ4v) is 3.04. The molecule has 0 aliphatic carbocycles.